The molecule has 0 radical (unpaired) electrons. The zero-order valence-electron chi connectivity index (χ0n) is 14.5. The fourth-order valence-corrected chi connectivity index (χ4v) is 4.74. The van der Waals surface area contributed by atoms with E-state index in [1.165, 1.54) is 28.6 Å². The summed E-state index contributed by atoms with van der Waals surface area (Å²) in [4.78, 5) is 23.6. The third-order valence-corrected chi connectivity index (χ3v) is 6.34. The van der Waals surface area contributed by atoms with Crippen LogP contribution in [0.15, 0.2) is 51.8 Å². The van der Waals surface area contributed by atoms with Crippen molar-refractivity contribution >= 4 is 21.9 Å². The van der Waals surface area contributed by atoms with Crippen molar-refractivity contribution in [3.63, 3.8) is 0 Å². The van der Waals surface area contributed by atoms with Crippen LogP contribution in [0.5, 0.6) is 0 Å². The lowest BCUT2D eigenvalue weighted by molar-refractivity contribution is -0.125. The number of hydrogen-bond acceptors (Lipinski definition) is 5. The largest absolute Gasteiger partial charge is 0.475 e. The number of aromatic carboxylic acids is 1. The van der Waals surface area contributed by atoms with Crippen LogP contribution < -0.4 is 5.32 Å². The van der Waals surface area contributed by atoms with Gasteiger partial charge in [0, 0.05) is 6.54 Å². The van der Waals surface area contributed by atoms with Gasteiger partial charge in [-0.05, 0) is 37.1 Å². The first-order chi connectivity index (χ1) is 12.9. The summed E-state index contributed by atoms with van der Waals surface area (Å²) < 4.78 is 32.2. The molecular formula is C18H20N2O6S. The number of carboxylic acid groups (broad SMARTS) is 1. The number of benzene rings is 1. The first-order valence-electron chi connectivity index (χ1n) is 8.56. The third-order valence-electron chi connectivity index (χ3n) is 4.42. The second-order valence-electron chi connectivity index (χ2n) is 6.23. The maximum atomic E-state index is 12.9. The summed E-state index contributed by atoms with van der Waals surface area (Å²) in [5.74, 6) is -1.55. The number of sulfonamides is 1. The van der Waals surface area contributed by atoms with Gasteiger partial charge in [0.05, 0.1) is 11.4 Å². The quantitative estimate of drug-likeness (QED) is 0.775. The van der Waals surface area contributed by atoms with Crippen LogP contribution in [0.4, 0.5) is 0 Å². The van der Waals surface area contributed by atoms with Gasteiger partial charge in [0.1, 0.15) is 11.8 Å². The molecule has 0 aliphatic carbocycles. The van der Waals surface area contributed by atoms with Crippen molar-refractivity contribution in [2.45, 2.75) is 36.7 Å². The standard InChI is InChI=1S/C18H20N2O6S/c21-17(19-12-13-9-10-16(26-13)18(22)23)15-8-4-5-11-20(15)27(24,25)14-6-2-1-3-7-14/h1-3,6-7,9-10,15H,4-5,8,11-12H2,(H,19,21)(H,22,23). The summed E-state index contributed by atoms with van der Waals surface area (Å²) in [6, 6.07) is 9.99. The van der Waals surface area contributed by atoms with Crippen LogP contribution in [0.3, 0.4) is 0 Å². The number of carbonyl (C=O) groups is 2. The van der Waals surface area contributed by atoms with Crippen molar-refractivity contribution in [2.75, 3.05) is 6.54 Å². The maximum Gasteiger partial charge on any atom is 0.371 e. The lowest BCUT2D eigenvalue weighted by Gasteiger charge is -2.33. The fraction of sp³-hybridized carbons (Fsp3) is 0.333. The van der Waals surface area contributed by atoms with E-state index < -0.39 is 27.9 Å². The molecule has 27 heavy (non-hydrogen) atoms. The number of carbonyl (C=O) groups excluding carboxylic acids is 1. The van der Waals surface area contributed by atoms with Crippen LogP contribution >= 0.6 is 0 Å². The van der Waals surface area contributed by atoms with Crippen molar-refractivity contribution in [1.29, 1.82) is 0 Å². The molecule has 144 valence electrons. The molecule has 1 aliphatic heterocycles. The predicted molar refractivity (Wildman–Crippen MR) is 95.5 cm³/mol. The molecule has 1 fully saturated rings. The van der Waals surface area contributed by atoms with Crippen LogP contribution in [-0.2, 0) is 21.4 Å². The molecule has 2 heterocycles. The highest BCUT2D eigenvalue weighted by molar-refractivity contribution is 7.89. The number of amides is 1. The molecule has 0 saturated carbocycles. The van der Waals surface area contributed by atoms with E-state index in [0.717, 1.165) is 6.42 Å². The average Bonchev–Trinajstić information content (AvgIpc) is 3.16. The van der Waals surface area contributed by atoms with Gasteiger partial charge in [-0.3, -0.25) is 4.79 Å². The van der Waals surface area contributed by atoms with E-state index >= 15 is 0 Å². The number of carboxylic acids is 1. The van der Waals surface area contributed by atoms with Crippen molar-refractivity contribution in [2.24, 2.45) is 0 Å². The van der Waals surface area contributed by atoms with Gasteiger partial charge in [-0.1, -0.05) is 24.6 Å². The first-order valence-corrected chi connectivity index (χ1v) is 10.0. The Labute approximate surface area is 156 Å². The molecule has 1 unspecified atom stereocenters. The Bertz CT molecular complexity index is 922. The molecule has 1 aliphatic rings. The molecule has 1 aromatic heterocycles. The Morgan fingerprint density at radius 1 is 1.15 bits per heavy atom. The summed E-state index contributed by atoms with van der Waals surface area (Å²) in [6.07, 6.45) is 1.87. The highest BCUT2D eigenvalue weighted by Crippen LogP contribution is 2.25. The van der Waals surface area contributed by atoms with Gasteiger partial charge in [0.15, 0.2) is 0 Å². The molecule has 8 nitrogen and oxygen atoms in total. The Kier molecular flexibility index (Phi) is 5.62. The Morgan fingerprint density at radius 3 is 2.56 bits per heavy atom. The normalized spacial score (nSPS) is 18.1. The van der Waals surface area contributed by atoms with Crippen molar-refractivity contribution in [3.05, 3.63) is 54.0 Å². The van der Waals surface area contributed by atoms with E-state index in [1.54, 1.807) is 18.2 Å². The monoisotopic (exact) mass is 392 g/mol. The lowest BCUT2D eigenvalue weighted by Crippen LogP contribution is -2.51. The molecule has 9 heteroatoms. The minimum atomic E-state index is -3.77. The topological polar surface area (TPSA) is 117 Å². The van der Waals surface area contributed by atoms with Crippen molar-refractivity contribution < 1.29 is 27.5 Å². The number of nitrogens with zero attached hydrogens (tertiary/aromatic N) is 1. The van der Waals surface area contributed by atoms with E-state index in [0.29, 0.717) is 12.8 Å². The van der Waals surface area contributed by atoms with Gasteiger partial charge in [0.2, 0.25) is 21.7 Å². The van der Waals surface area contributed by atoms with Gasteiger partial charge >= 0.3 is 5.97 Å². The molecule has 0 bridgehead atoms. The van der Waals surface area contributed by atoms with Crippen LogP contribution in [0.2, 0.25) is 0 Å². The van der Waals surface area contributed by atoms with Gasteiger partial charge in [0.25, 0.3) is 0 Å². The van der Waals surface area contributed by atoms with E-state index in [-0.39, 0.29) is 29.5 Å². The third kappa shape index (κ3) is 4.20. The lowest BCUT2D eigenvalue weighted by atomic mass is 10.0. The van der Waals surface area contributed by atoms with Crippen LogP contribution in [0, 0.1) is 0 Å². The number of furan rings is 1. The van der Waals surface area contributed by atoms with Gasteiger partial charge < -0.3 is 14.8 Å². The van der Waals surface area contributed by atoms with E-state index in [1.807, 2.05) is 0 Å². The molecule has 1 saturated heterocycles. The zero-order chi connectivity index (χ0) is 19.4. The molecule has 3 rings (SSSR count). The Balaban J connectivity index is 1.72. The van der Waals surface area contributed by atoms with Crippen LogP contribution in [-0.4, -0.2) is 42.3 Å². The SMILES string of the molecule is O=C(O)c1ccc(CNC(=O)C2CCCCN2S(=O)(=O)c2ccccc2)o1. The summed E-state index contributed by atoms with van der Waals surface area (Å²) in [6.45, 7) is 0.265. The zero-order valence-corrected chi connectivity index (χ0v) is 15.3. The number of hydrogen-bond donors (Lipinski definition) is 2. The summed E-state index contributed by atoms with van der Waals surface area (Å²) in [5, 5.41) is 11.5. The van der Waals surface area contributed by atoms with Crippen molar-refractivity contribution in [3.8, 4) is 0 Å². The van der Waals surface area contributed by atoms with Crippen molar-refractivity contribution in [1.82, 2.24) is 9.62 Å². The Morgan fingerprint density at radius 2 is 1.89 bits per heavy atom. The molecule has 2 aromatic rings. The molecule has 2 N–H and O–H groups in total. The smallest absolute Gasteiger partial charge is 0.371 e. The highest BCUT2D eigenvalue weighted by atomic mass is 32.2. The molecule has 0 spiro atoms. The van der Waals surface area contributed by atoms with Gasteiger partial charge in [-0.15, -0.1) is 0 Å². The molecular weight excluding hydrogens is 372 g/mol. The van der Waals surface area contributed by atoms with E-state index in [2.05, 4.69) is 5.32 Å². The second-order valence-corrected chi connectivity index (χ2v) is 8.12. The van der Waals surface area contributed by atoms with Crippen LogP contribution in [0.1, 0.15) is 35.6 Å². The molecule has 1 amide bonds. The van der Waals surface area contributed by atoms with E-state index in [9.17, 15) is 18.0 Å². The summed E-state index contributed by atoms with van der Waals surface area (Å²) in [7, 11) is -3.77. The summed E-state index contributed by atoms with van der Waals surface area (Å²) in [5.41, 5.74) is 0. The average molecular weight is 392 g/mol. The number of nitrogens with one attached hydrogen (secondary N) is 1. The minimum Gasteiger partial charge on any atom is -0.475 e. The van der Waals surface area contributed by atoms with Gasteiger partial charge in [-0.2, -0.15) is 4.31 Å². The summed E-state index contributed by atoms with van der Waals surface area (Å²) >= 11 is 0. The minimum absolute atomic E-state index is 0.0121. The maximum absolute atomic E-state index is 12.9. The highest BCUT2D eigenvalue weighted by Gasteiger charge is 2.37. The second kappa shape index (κ2) is 7.93. The van der Waals surface area contributed by atoms with Gasteiger partial charge in [-0.25, -0.2) is 13.2 Å². The first kappa shape index (κ1) is 19.1. The fourth-order valence-electron chi connectivity index (χ4n) is 3.06. The number of rotatable bonds is 6. The predicted octanol–water partition coefficient (Wildman–Crippen LogP) is 1.84. The van der Waals surface area contributed by atoms with E-state index in [4.69, 9.17) is 9.52 Å². The molecule has 1 aromatic carbocycles. The Hall–Kier alpha value is -2.65. The molecule has 1 atom stereocenters. The number of piperidine rings is 1. The van der Waals surface area contributed by atoms with Crippen LogP contribution in [0.25, 0.3) is 0 Å².